The van der Waals surface area contributed by atoms with Crippen LogP contribution < -0.4 is 0 Å². The summed E-state index contributed by atoms with van der Waals surface area (Å²) >= 11 is -3.62. The summed E-state index contributed by atoms with van der Waals surface area (Å²) in [5.74, 6) is 0. The molecule has 1 aliphatic heterocycles. The SMILES string of the molecule is CC1(C)C2=C(c3cccc4ccc5ccccc5c34)[CH](c3ccccc32)[Hf]([CH3])([CH3])[CH]2C(c3cccc4ccc5ccccc5c34)=C1c1ccccc12. The van der Waals surface area contributed by atoms with E-state index in [-0.39, 0.29) is 5.41 Å². The fraction of sp³-hybridized carbons (Fsp3) is 0.137. The Hall–Kier alpha value is -4.85. The molecule has 3 aliphatic rings. The van der Waals surface area contributed by atoms with Gasteiger partial charge in [0.15, 0.2) is 0 Å². The Labute approximate surface area is 310 Å². The predicted molar refractivity (Wildman–Crippen MR) is 220 cm³/mol. The van der Waals surface area contributed by atoms with Crippen LogP contribution in [0.5, 0.6) is 0 Å². The van der Waals surface area contributed by atoms with Gasteiger partial charge in [0.25, 0.3) is 0 Å². The standard InChI is InChI=1S/C49H34.2CH3.Hf/c1-49(2,47-39-21-9-5-15-35(39)29-43(47)41-23-11-17-33-27-25-31-13-3-7-19-37(31)45(33)41)48-40-22-10-6-16-36(40)30-44(48)42-24-12-18-34-28-26-32-14-4-8-20-38(32)46(34)42;;;/h3-30H,1-2H3;2*1H3;. The molecule has 1 heteroatoms. The molecule has 0 saturated heterocycles. The molecule has 0 amide bonds. The number of benzene rings is 8. The first-order valence-corrected chi connectivity index (χ1v) is 30.2. The molecule has 0 N–H and O–H groups in total. The number of hydrogen-bond acceptors (Lipinski definition) is 0. The molecule has 11 rings (SSSR count). The molecule has 2 unspecified atom stereocenters. The summed E-state index contributed by atoms with van der Waals surface area (Å²) in [6, 6.07) is 60.6. The van der Waals surface area contributed by atoms with E-state index in [1.807, 2.05) is 0 Å². The van der Waals surface area contributed by atoms with Crippen LogP contribution in [-0.2, 0) is 20.0 Å². The molecule has 0 aromatic heterocycles. The first kappa shape index (κ1) is 30.7. The van der Waals surface area contributed by atoms with Crippen LogP contribution in [0.25, 0.3) is 65.4 Å². The molecule has 0 fully saturated rings. The van der Waals surface area contributed by atoms with Gasteiger partial charge in [-0.2, -0.15) is 0 Å². The molecular weight excluding hydrogens is 791 g/mol. The van der Waals surface area contributed by atoms with E-state index in [4.69, 9.17) is 0 Å². The zero-order valence-corrected chi connectivity index (χ0v) is 33.8. The van der Waals surface area contributed by atoms with E-state index < -0.39 is 20.0 Å². The van der Waals surface area contributed by atoms with Crippen molar-refractivity contribution in [1.82, 2.24) is 0 Å². The molecule has 0 nitrogen and oxygen atoms in total. The Morgan fingerprint density at radius 1 is 0.385 bits per heavy atom. The summed E-state index contributed by atoms with van der Waals surface area (Å²) in [5, 5.41) is 10.8. The number of allylic oxidation sites excluding steroid dienone is 4. The second-order valence-corrected chi connectivity index (χ2v) is 33.7. The van der Waals surface area contributed by atoms with Crippen LogP contribution in [0.2, 0.25) is 9.36 Å². The van der Waals surface area contributed by atoms with Gasteiger partial charge in [-0.15, -0.1) is 0 Å². The van der Waals surface area contributed by atoms with Crippen molar-refractivity contribution in [2.24, 2.45) is 5.41 Å². The van der Waals surface area contributed by atoms with Crippen molar-refractivity contribution in [3.63, 3.8) is 0 Å². The summed E-state index contributed by atoms with van der Waals surface area (Å²) < 4.78 is 6.41. The Morgan fingerprint density at radius 2 is 0.750 bits per heavy atom. The van der Waals surface area contributed by atoms with Gasteiger partial charge in [-0.1, -0.05) is 0 Å². The van der Waals surface area contributed by atoms with Crippen LogP contribution in [0.3, 0.4) is 0 Å². The minimum absolute atomic E-state index is 0.274. The summed E-state index contributed by atoms with van der Waals surface area (Å²) in [6.45, 7) is 5.11. The summed E-state index contributed by atoms with van der Waals surface area (Å²) in [4.78, 5) is 0. The van der Waals surface area contributed by atoms with Crippen molar-refractivity contribution >= 4 is 65.4 Å². The van der Waals surface area contributed by atoms with E-state index in [0.29, 0.717) is 7.35 Å². The van der Waals surface area contributed by atoms with Crippen molar-refractivity contribution < 1.29 is 20.0 Å². The van der Waals surface area contributed by atoms with Gasteiger partial charge in [-0.25, -0.2) is 0 Å². The molecule has 248 valence electrons. The average molecular weight is 831 g/mol. The Balaban J connectivity index is 1.33. The zero-order chi connectivity index (χ0) is 34.9. The Morgan fingerprint density at radius 3 is 1.23 bits per heavy atom. The van der Waals surface area contributed by atoms with E-state index >= 15 is 0 Å². The van der Waals surface area contributed by atoms with Crippen LogP contribution in [0.4, 0.5) is 0 Å². The number of fused-ring (bicyclic) bond motifs is 14. The fourth-order valence-electron chi connectivity index (χ4n) is 11.2. The van der Waals surface area contributed by atoms with Crippen LogP contribution >= 0.6 is 0 Å². The molecule has 4 bridgehead atoms. The van der Waals surface area contributed by atoms with Crippen molar-refractivity contribution in [1.29, 1.82) is 0 Å². The Kier molecular flexibility index (Phi) is 6.41. The molecule has 0 radical (unpaired) electrons. The van der Waals surface area contributed by atoms with Crippen molar-refractivity contribution in [3.05, 3.63) is 191 Å². The maximum absolute atomic E-state index is 3.62. The molecule has 52 heavy (non-hydrogen) atoms. The van der Waals surface area contributed by atoms with Gasteiger partial charge in [0, 0.05) is 0 Å². The van der Waals surface area contributed by atoms with Gasteiger partial charge in [0.05, 0.1) is 0 Å². The second-order valence-electron chi connectivity index (χ2n) is 16.4. The summed E-state index contributed by atoms with van der Waals surface area (Å²) in [7, 11) is 0. The van der Waals surface area contributed by atoms with E-state index in [0.717, 1.165) is 0 Å². The topological polar surface area (TPSA) is 0 Å². The van der Waals surface area contributed by atoms with Crippen LogP contribution in [0.15, 0.2) is 158 Å². The van der Waals surface area contributed by atoms with Gasteiger partial charge in [-0.3, -0.25) is 0 Å². The minimum atomic E-state index is -3.62. The van der Waals surface area contributed by atoms with Gasteiger partial charge >= 0.3 is 312 Å². The molecule has 0 spiro atoms. The van der Waals surface area contributed by atoms with Gasteiger partial charge in [-0.05, 0) is 0 Å². The van der Waals surface area contributed by atoms with Crippen LogP contribution in [-0.4, -0.2) is 0 Å². The van der Waals surface area contributed by atoms with Crippen LogP contribution in [0.1, 0.15) is 54.6 Å². The first-order chi connectivity index (χ1) is 25.4. The third-order valence-corrected chi connectivity index (χ3v) is 28.1. The van der Waals surface area contributed by atoms with Crippen molar-refractivity contribution in [3.8, 4) is 0 Å². The van der Waals surface area contributed by atoms with Crippen molar-refractivity contribution in [2.75, 3.05) is 0 Å². The molecule has 1 heterocycles. The van der Waals surface area contributed by atoms with E-state index in [2.05, 4.69) is 181 Å². The van der Waals surface area contributed by atoms with Gasteiger partial charge in [0.2, 0.25) is 0 Å². The maximum atomic E-state index is 2.80. The van der Waals surface area contributed by atoms with E-state index in [1.165, 1.54) is 76.5 Å². The van der Waals surface area contributed by atoms with Gasteiger partial charge < -0.3 is 0 Å². The summed E-state index contributed by atoms with van der Waals surface area (Å²) in [6.07, 6.45) is 0. The molecular formula is C51H40Hf. The second kappa shape index (κ2) is 10.8. The van der Waals surface area contributed by atoms with E-state index in [9.17, 15) is 0 Å². The monoisotopic (exact) mass is 832 g/mol. The third kappa shape index (κ3) is 3.96. The zero-order valence-electron chi connectivity index (χ0n) is 30.2. The quantitative estimate of drug-likeness (QED) is 0.120. The average Bonchev–Trinajstić information content (AvgIpc) is 3.74. The molecule has 8 aromatic carbocycles. The fourth-order valence-corrected chi connectivity index (χ4v) is 27.4. The van der Waals surface area contributed by atoms with Crippen LogP contribution in [0, 0.1) is 5.41 Å². The third-order valence-electron chi connectivity index (χ3n) is 13.1. The first-order valence-electron chi connectivity index (χ1n) is 18.9. The Bertz CT molecular complexity index is 2720. The number of hydrogen-bond donors (Lipinski definition) is 0. The normalized spacial score (nSPS) is 19.7. The van der Waals surface area contributed by atoms with Crippen molar-refractivity contribution in [2.45, 2.75) is 30.6 Å². The molecule has 0 saturated carbocycles. The van der Waals surface area contributed by atoms with Gasteiger partial charge in [0.1, 0.15) is 0 Å². The van der Waals surface area contributed by atoms with E-state index in [1.54, 1.807) is 22.3 Å². The predicted octanol–water partition coefficient (Wildman–Crippen LogP) is 14.2. The number of rotatable bonds is 2. The molecule has 8 aromatic rings. The summed E-state index contributed by atoms with van der Waals surface area (Å²) in [5.41, 5.74) is 15.0. The molecule has 2 aliphatic carbocycles. The molecule has 2 atom stereocenters.